The van der Waals surface area contributed by atoms with E-state index in [0.717, 1.165) is 6.61 Å². The minimum atomic E-state index is 0.402. The summed E-state index contributed by atoms with van der Waals surface area (Å²) in [5.41, 5.74) is 1.18. The molecule has 1 aliphatic heterocycles. The van der Waals surface area contributed by atoms with Crippen molar-refractivity contribution in [3.05, 3.63) is 18.0 Å². The van der Waals surface area contributed by atoms with Gasteiger partial charge in [-0.1, -0.05) is 0 Å². The molecule has 0 aromatic carbocycles. The first kappa shape index (κ1) is 5.92. The van der Waals surface area contributed by atoms with Gasteiger partial charge in [-0.3, -0.25) is 4.68 Å². The third-order valence-electron chi connectivity index (χ3n) is 1.78. The minimum Gasteiger partial charge on any atom is -0.373 e. The van der Waals surface area contributed by atoms with Gasteiger partial charge in [0.05, 0.1) is 24.9 Å². The van der Waals surface area contributed by atoms with E-state index in [0.29, 0.717) is 12.6 Å². The Hall–Kier alpha value is -0.830. The standard InChI is InChI=1S/C7H10N2O/c1-6-4-10-5-7-2-3-8-9(6)7/h2-3,6H,4-5H2,1H3. The number of hydrogen-bond acceptors (Lipinski definition) is 2. The second-order valence-electron chi connectivity index (χ2n) is 2.63. The maximum atomic E-state index is 5.31. The summed E-state index contributed by atoms with van der Waals surface area (Å²) in [6, 6.07) is 2.40. The number of aromatic nitrogens is 2. The van der Waals surface area contributed by atoms with Crippen LogP contribution in [0.5, 0.6) is 0 Å². The summed E-state index contributed by atoms with van der Waals surface area (Å²) >= 11 is 0. The molecule has 0 bridgehead atoms. The summed E-state index contributed by atoms with van der Waals surface area (Å²) < 4.78 is 7.32. The molecule has 0 N–H and O–H groups in total. The smallest absolute Gasteiger partial charge is 0.0885 e. The van der Waals surface area contributed by atoms with E-state index >= 15 is 0 Å². The highest BCUT2D eigenvalue weighted by Crippen LogP contribution is 2.15. The lowest BCUT2D eigenvalue weighted by atomic mass is 10.3. The van der Waals surface area contributed by atoms with E-state index in [4.69, 9.17) is 4.74 Å². The first-order chi connectivity index (χ1) is 4.88. The summed E-state index contributed by atoms with van der Waals surface area (Å²) in [6.45, 7) is 3.61. The highest BCUT2D eigenvalue weighted by molar-refractivity contribution is 5.01. The Morgan fingerprint density at radius 1 is 1.80 bits per heavy atom. The van der Waals surface area contributed by atoms with Crippen molar-refractivity contribution in [2.75, 3.05) is 6.61 Å². The average Bonchev–Trinajstić information content (AvgIpc) is 2.36. The molecule has 1 aliphatic rings. The topological polar surface area (TPSA) is 27.1 Å². The molecule has 3 nitrogen and oxygen atoms in total. The molecule has 0 spiro atoms. The van der Waals surface area contributed by atoms with E-state index in [2.05, 4.69) is 12.0 Å². The third kappa shape index (κ3) is 0.743. The number of ether oxygens (including phenoxy) is 1. The van der Waals surface area contributed by atoms with Crippen LogP contribution < -0.4 is 0 Å². The SMILES string of the molecule is CC1COCc2ccnn21. The van der Waals surface area contributed by atoms with Crippen LogP contribution in [0.15, 0.2) is 12.3 Å². The van der Waals surface area contributed by atoms with Gasteiger partial charge >= 0.3 is 0 Å². The van der Waals surface area contributed by atoms with Gasteiger partial charge in [0, 0.05) is 6.20 Å². The second-order valence-corrected chi connectivity index (χ2v) is 2.63. The fourth-order valence-electron chi connectivity index (χ4n) is 1.26. The molecule has 10 heavy (non-hydrogen) atoms. The van der Waals surface area contributed by atoms with Crippen molar-refractivity contribution in [1.29, 1.82) is 0 Å². The summed E-state index contributed by atoms with van der Waals surface area (Å²) in [4.78, 5) is 0. The van der Waals surface area contributed by atoms with Crippen molar-refractivity contribution in [1.82, 2.24) is 9.78 Å². The molecule has 2 heterocycles. The van der Waals surface area contributed by atoms with Gasteiger partial charge in [0.2, 0.25) is 0 Å². The molecule has 1 atom stereocenters. The van der Waals surface area contributed by atoms with Crippen LogP contribution in [0.1, 0.15) is 18.7 Å². The van der Waals surface area contributed by atoms with Gasteiger partial charge in [0.25, 0.3) is 0 Å². The normalized spacial score (nSPS) is 24.3. The van der Waals surface area contributed by atoms with Crippen LogP contribution in [0, 0.1) is 0 Å². The fraction of sp³-hybridized carbons (Fsp3) is 0.571. The second kappa shape index (κ2) is 2.09. The van der Waals surface area contributed by atoms with Crippen molar-refractivity contribution in [3.63, 3.8) is 0 Å². The molecular formula is C7H10N2O. The Morgan fingerprint density at radius 2 is 2.70 bits per heavy atom. The molecular weight excluding hydrogens is 128 g/mol. The highest BCUT2D eigenvalue weighted by atomic mass is 16.5. The van der Waals surface area contributed by atoms with Crippen LogP contribution in [0.2, 0.25) is 0 Å². The molecule has 1 unspecified atom stereocenters. The summed E-state index contributed by atoms with van der Waals surface area (Å²) in [7, 11) is 0. The predicted molar refractivity (Wildman–Crippen MR) is 36.6 cm³/mol. The first-order valence-corrected chi connectivity index (χ1v) is 3.48. The molecule has 2 rings (SSSR count). The Bertz CT molecular complexity index is 231. The van der Waals surface area contributed by atoms with Crippen molar-refractivity contribution in [2.45, 2.75) is 19.6 Å². The van der Waals surface area contributed by atoms with Gasteiger partial charge in [-0.2, -0.15) is 5.10 Å². The van der Waals surface area contributed by atoms with Crippen LogP contribution in [-0.4, -0.2) is 16.4 Å². The van der Waals surface area contributed by atoms with Gasteiger partial charge in [-0.25, -0.2) is 0 Å². The van der Waals surface area contributed by atoms with E-state index in [1.54, 1.807) is 0 Å². The van der Waals surface area contributed by atoms with E-state index in [1.165, 1.54) is 5.69 Å². The van der Waals surface area contributed by atoms with Crippen molar-refractivity contribution in [2.24, 2.45) is 0 Å². The minimum absolute atomic E-state index is 0.402. The molecule has 3 heteroatoms. The van der Waals surface area contributed by atoms with Crippen molar-refractivity contribution in [3.8, 4) is 0 Å². The zero-order valence-electron chi connectivity index (χ0n) is 5.95. The molecule has 0 fully saturated rings. The molecule has 0 saturated heterocycles. The largest absolute Gasteiger partial charge is 0.373 e. The van der Waals surface area contributed by atoms with Gasteiger partial charge in [0.15, 0.2) is 0 Å². The van der Waals surface area contributed by atoms with E-state index in [9.17, 15) is 0 Å². The lowest BCUT2D eigenvalue weighted by Crippen LogP contribution is -2.21. The van der Waals surface area contributed by atoms with Crippen LogP contribution in [-0.2, 0) is 11.3 Å². The van der Waals surface area contributed by atoms with Gasteiger partial charge in [-0.05, 0) is 13.0 Å². The fourth-order valence-corrected chi connectivity index (χ4v) is 1.26. The lowest BCUT2D eigenvalue weighted by molar-refractivity contribution is 0.0576. The zero-order valence-corrected chi connectivity index (χ0v) is 5.95. The maximum absolute atomic E-state index is 5.31. The number of nitrogens with zero attached hydrogens (tertiary/aromatic N) is 2. The number of fused-ring (bicyclic) bond motifs is 1. The Morgan fingerprint density at radius 3 is 3.50 bits per heavy atom. The van der Waals surface area contributed by atoms with Crippen molar-refractivity contribution < 1.29 is 4.74 Å². The molecule has 0 aliphatic carbocycles. The van der Waals surface area contributed by atoms with Gasteiger partial charge < -0.3 is 4.74 Å². The van der Waals surface area contributed by atoms with Crippen molar-refractivity contribution >= 4 is 0 Å². The van der Waals surface area contributed by atoms with Gasteiger partial charge in [0.1, 0.15) is 0 Å². The van der Waals surface area contributed by atoms with E-state index in [1.807, 2.05) is 16.9 Å². The zero-order chi connectivity index (χ0) is 6.97. The van der Waals surface area contributed by atoms with Crippen LogP contribution in [0.25, 0.3) is 0 Å². The van der Waals surface area contributed by atoms with Crippen LogP contribution >= 0.6 is 0 Å². The summed E-state index contributed by atoms with van der Waals surface area (Å²) in [5.74, 6) is 0. The molecule has 54 valence electrons. The monoisotopic (exact) mass is 138 g/mol. The van der Waals surface area contributed by atoms with E-state index in [-0.39, 0.29) is 0 Å². The number of rotatable bonds is 0. The summed E-state index contributed by atoms with van der Waals surface area (Å²) in [5, 5.41) is 4.17. The molecule has 1 aromatic rings. The quantitative estimate of drug-likeness (QED) is 0.534. The Balaban J connectivity index is 2.41. The molecule has 0 saturated carbocycles. The molecule has 0 amide bonds. The predicted octanol–water partition coefficient (Wildman–Crippen LogP) is 0.974. The average molecular weight is 138 g/mol. The Labute approximate surface area is 59.6 Å². The van der Waals surface area contributed by atoms with Crippen LogP contribution in [0.4, 0.5) is 0 Å². The highest BCUT2D eigenvalue weighted by Gasteiger charge is 2.14. The summed E-state index contributed by atoms with van der Waals surface area (Å²) in [6.07, 6.45) is 1.82. The third-order valence-corrected chi connectivity index (χ3v) is 1.78. The van der Waals surface area contributed by atoms with Crippen LogP contribution in [0.3, 0.4) is 0 Å². The first-order valence-electron chi connectivity index (χ1n) is 3.48. The molecule has 0 radical (unpaired) electrons. The molecule has 1 aromatic heterocycles. The lowest BCUT2D eigenvalue weighted by Gasteiger charge is -2.20. The maximum Gasteiger partial charge on any atom is 0.0885 e. The van der Waals surface area contributed by atoms with Gasteiger partial charge in [-0.15, -0.1) is 0 Å². The number of hydrogen-bond donors (Lipinski definition) is 0. The van der Waals surface area contributed by atoms with E-state index < -0.39 is 0 Å². The Kier molecular flexibility index (Phi) is 1.24.